The van der Waals surface area contributed by atoms with Gasteiger partial charge in [0.1, 0.15) is 0 Å². The second kappa shape index (κ2) is 5.85. The number of hydrogen-bond acceptors (Lipinski definition) is 3. The summed E-state index contributed by atoms with van der Waals surface area (Å²) in [6.45, 7) is 2.97. The van der Waals surface area contributed by atoms with Crippen LogP contribution in [0.2, 0.25) is 0 Å². The van der Waals surface area contributed by atoms with E-state index in [-0.39, 0.29) is 5.91 Å². The highest BCUT2D eigenvalue weighted by Gasteiger charge is 2.39. The van der Waals surface area contributed by atoms with Crippen molar-refractivity contribution in [3.63, 3.8) is 0 Å². The van der Waals surface area contributed by atoms with Gasteiger partial charge in [-0.1, -0.05) is 19.4 Å². The minimum atomic E-state index is -0.477. The Hall–Kier alpha value is -0.870. The molecule has 2 rings (SSSR count). The van der Waals surface area contributed by atoms with Gasteiger partial charge in [0.25, 0.3) is 0 Å². The average Bonchev–Trinajstić information content (AvgIpc) is 2.90. The van der Waals surface area contributed by atoms with Crippen LogP contribution < -0.4 is 11.1 Å². The summed E-state index contributed by atoms with van der Waals surface area (Å²) >= 11 is 1.71. The first-order valence-corrected chi connectivity index (χ1v) is 7.61. The van der Waals surface area contributed by atoms with Crippen molar-refractivity contribution in [1.29, 1.82) is 0 Å². The molecule has 0 bridgehead atoms. The first kappa shape index (κ1) is 13.6. The predicted molar refractivity (Wildman–Crippen MR) is 75.3 cm³/mol. The SMILES string of the molecule is CCC1CCC(NCc2cccs2)(C(N)=O)CC1. The maximum Gasteiger partial charge on any atom is 0.237 e. The summed E-state index contributed by atoms with van der Waals surface area (Å²) in [4.78, 5) is 13.1. The third-order valence-corrected chi connectivity index (χ3v) is 5.07. The van der Waals surface area contributed by atoms with E-state index in [0.29, 0.717) is 0 Å². The lowest BCUT2D eigenvalue weighted by Crippen LogP contribution is -2.56. The Morgan fingerprint density at radius 3 is 2.78 bits per heavy atom. The van der Waals surface area contributed by atoms with Crippen molar-refractivity contribution < 1.29 is 4.79 Å². The molecular formula is C14H22N2OS. The molecule has 1 aliphatic rings. The maximum absolute atomic E-state index is 11.8. The van der Waals surface area contributed by atoms with E-state index < -0.39 is 5.54 Å². The molecule has 18 heavy (non-hydrogen) atoms. The fourth-order valence-electron chi connectivity index (χ4n) is 2.76. The Labute approximate surface area is 113 Å². The molecule has 0 radical (unpaired) electrons. The number of thiophene rings is 1. The zero-order valence-electron chi connectivity index (χ0n) is 10.9. The van der Waals surface area contributed by atoms with Gasteiger partial charge in [-0.25, -0.2) is 0 Å². The Kier molecular flexibility index (Phi) is 4.40. The molecule has 0 aromatic carbocycles. The summed E-state index contributed by atoms with van der Waals surface area (Å²) in [6, 6.07) is 4.12. The number of carbonyl (C=O) groups is 1. The molecule has 3 nitrogen and oxygen atoms in total. The zero-order chi connectivity index (χ0) is 13.0. The molecule has 1 aliphatic carbocycles. The molecule has 0 aliphatic heterocycles. The normalized spacial score (nSPS) is 28.2. The Morgan fingerprint density at radius 1 is 1.56 bits per heavy atom. The van der Waals surface area contributed by atoms with Gasteiger partial charge >= 0.3 is 0 Å². The van der Waals surface area contributed by atoms with Crippen LogP contribution in [0.25, 0.3) is 0 Å². The summed E-state index contributed by atoms with van der Waals surface area (Å²) in [7, 11) is 0. The molecule has 1 heterocycles. The van der Waals surface area contributed by atoms with E-state index in [0.717, 1.165) is 38.1 Å². The monoisotopic (exact) mass is 266 g/mol. The maximum atomic E-state index is 11.8. The number of nitrogens with one attached hydrogen (secondary N) is 1. The molecule has 4 heteroatoms. The van der Waals surface area contributed by atoms with E-state index in [1.807, 2.05) is 6.07 Å². The highest BCUT2D eigenvalue weighted by molar-refractivity contribution is 7.09. The van der Waals surface area contributed by atoms with Crippen LogP contribution in [0.5, 0.6) is 0 Å². The van der Waals surface area contributed by atoms with E-state index in [4.69, 9.17) is 5.73 Å². The molecule has 1 saturated carbocycles. The minimum absolute atomic E-state index is 0.186. The van der Waals surface area contributed by atoms with Crippen LogP contribution in [-0.2, 0) is 11.3 Å². The topological polar surface area (TPSA) is 55.1 Å². The third kappa shape index (κ3) is 2.93. The van der Waals surface area contributed by atoms with E-state index >= 15 is 0 Å². The highest BCUT2D eigenvalue weighted by Crippen LogP contribution is 2.34. The van der Waals surface area contributed by atoms with E-state index in [1.165, 1.54) is 11.3 Å². The van der Waals surface area contributed by atoms with Crippen LogP contribution in [-0.4, -0.2) is 11.4 Å². The van der Waals surface area contributed by atoms with Crippen molar-refractivity contribution in [1.82, 2.24) is 5.32 Å². The molecule has 100 valence electrons. The molecule has 1 aromatic heterocycles. The summed E-state index contributed by atoms with van der Waals surface area (Å²) in [5.41, 5.74) is 5.15. The summed E-state index contributed by atoms with van der Waals surface area (Å²) < 4.78 is 0. The molecular weight excluding hydrogens is 244 g/mol. The molecule has 1 aromatic rings. The summed E-state index contributed by atoms with van der Waals surface area (Å²) in [5.74, 6) is 0.578. The summed E-state index contributed by atoms with van der Waals surface area (Å²) in [5, 5.41) is 5.47. The van der Waals surface area contributed by atoms with Gasteiger partial charge in [-0.2, -0.15) is 0 Å². The smallest absolute Gasteiger partial charge is 0.237 e. The molecule has 0 spiro atoms. The van der Waals surface area contributed by atoms with Crippen LogP contribution >= 0.6 is 11.3 Å². The van der Waals surface area contributed by atoms with E-state index in [9.17, 15) is 4.79 Å². The van der Waals surface area contributed by atoms with E-state index in [1.54, 1.807) is 11.3 Å². The van der Waals surface area contributed by atoms with Gasteiger partial charge < -0.3 is 5.73 Å². The van der Waals surface area contributed by atoms with Gasteiger partial charge in [-0.3, -0.25) is 10.1 Å². The molecule has 0 atom stereocenters. The van der Waals surface area contributed by atoms with Gasteiger partial charge in [0.05, 0.1) is 5.54 Å². The molecule has 3 N–H and O–H groups in total. The van der Waals surface area contributed by atoms with Crippen LogP contribution in [0.1, 0.15) is 43.9 Å². The number of nitrogens with two attached hydrogens (primary N) is 1. The molecule has 1 fully saturated rings. The first-order valence-electron chi connectivity index (χ1n) is 6.73. The summed E-state index contributed by atoms with van der Waals surface area (Å²) in [6.07, 6.45) is 5.19. The highest BCUT2D eigenvalue weighted by atomic mass is 32.1. The number of hydrogen-bond donors (Lipinski definition) is 2. The van der Waals surface area contributed by atoms with Gasteiger partial charge in [-0.05, 0) is 43.0 Å². The van der Waals surface area contributed by atoms with Crippen LogP contribution in [0, 0.1) is 5.92 Å². The lowest BCUT2D eigenvalue weighted by atomic mass is 9.75. The lowest BCUT2D eigenvalue weighted by Gasteiger charge is -2.38. The third-order valence-electron chi connectivity index (χ3n) is 4.19. The van der Waals surface area contributed by atoms with Gasteiger partial charge in [-0.15, -0.1) is 11.3 Å². The average molecular weight is 266 g/mol. The van der Waals surface area contributed by atoms with Crippen LogP contribution in [0.4, 0.5) is 0 Å². The standard InChI is InChI=1S/C14H22N2OS/c1-2-11-5-7-14(8-6-11,13(15)17)16-10-12-4-3-9-18-12/h3-4,9,11,16H,2,5-8,10H2,1H3,(H2,15,17). The van der Waals surface area contributed by atoms with Crippen molar-refractivity contribution in [3.8, 4) is 0 Å². The van der Waals surface area contributed by atoms with Crippen LogP contribution in [0.3, 0.4) is 0 Å². The first-order chi connectivity index (χ1) is 8.66. The predicted octanol–water partition coefficient (Wildman–Crippen LogP) is 2.66. The molecule has 0 unspecified atom stereocenters. The minimum Gasteiger partial charge on any atom is -0.368 e. The second-order valence-corrected chi connectivity index (χ2v) is 6.26. The van der Waals surface area contributed by atoms with Crippen molar-refractivity contribution in [2.24, 2.45) is 11.7 Å². The Balaban J connectivity index is 1.97. The number of primary amides is 1. The number of carbonyl (C=O) groups excluding carboxylic acids is 1. The largest absolute Gasteiger partial charge is 0.368 e. The zero-order valence-corrected chi connectivity index (χ0v) is 11.8. The second-order valence-electron chi connectivity index (χ2n) is 5.23. The van der Waals surface area contributed by atoms with Gasteiger partial charge in [0.2, 0.25) is 5.91 Å². The Bertz CT molecular complexity index is 381. The van der Waals surface area contributed by atoms with Gasteiger partial charge in [0, 0.05) is 11.4 Å². The van der Waals surface area contributed by atoms with Crippen molar-refractivity contribution in [2.45, 2.75) is 51.1 Å². The fraction of sp³-hybridized carbons (Fsp3) is 0.643. The molecule has 0 saturated heterocycles. The van der Waals surface area contributed by atoms with Crippen LogP contribution in [0.15, 0.2) is 17.5 Å². The fourth-order valence-corrected chi connectivity index (χ4v) is 3.40. The van der Waals surface area contributed by atoms with E-state index in [2.05, 4.69) is 23.7 Å². The van der Waals surface area contributed by atoms with Gasteiger partial charge in [0.15, 0.2) is 0 Å². The van der Waals surface area contributed by atoms with Crippen molar-refractivity contribution in [3.05, 3.63) is 22.4 Å². The lowest BCUT2D eigenvalue weighted by molar-refractivity contribution is -0.126. The number of rotatable bonds is 5. The van der Waals surface area contributed by atoms with Crippen molar-refractivity contribution >= 4 is 17.2 Å². The Morgan fingerprint density at radius 2 is 2.28 bits per heavy atom. The number of amides is 1. The van der Waals surface area contributed by atoms with Crippen molar-refractivity contribution in [2.75, 3.05) is 0 Å². The molecule has 1 amide bonds. The quantitative estimate of drug-likeness (QED) is 0.861.